The normalized spacial score (nSPS) is 18.7. The Kier molecular flexibility index (Phi) is 6.74. The van der Waals surface area contributed by atoms with Gasteiger partial charge in [0.05, 0.1) is 6.04 Å². The molecule has 1 aliphatic rings. The summed E-state index contributed by atoms with van der Waals surface area (Å²) in [6.45, 7) is 8.39. The third-order valence-corrected chi connectivity index (χ3v) is 3.63. The number of carbonyl (C=O) groups is 4. The molecule has 1 fully saturated rings. The van der Waals surface area contributed by atoms with Gasteiger partial charge in [0.1, 0.15) is 18.2 Å². The van der Waals surface area contributed by atoms with Gasteiger partial charge in [-0.25, -0.2) is 4.79 Å². The van der Waals surface area contributed by atoms with Crippen LogP contribution in [0.5, 0.6) is 0 Å². The molecule has 0 aliphatic carbocycles. The molecule has 1 heterocycles. The van der Waals surface area contributed by atoms with Gasteiger partial charge in [-0.05, 0) is 47.5 Å². The van der Waals surface area contributed by atoms with Crippen LogP contribution in [0.2, 0.25) is 0 Å². The first-order valence-electron chi connectivity index (χ1n) is 8.08. The number of alkyl carbamates (subject to hydrolysis) is 1. The van der Waals surface area contributed by atoms with Gasteiger partial charge in [0, 0.05) is 6.54 Å². The van der Waals surface area contributed by atoms with E-state index in [-0.39, 0.29) is 24.1 Å². The molecule has 0 aromatic heterocycles. The summed E-state index contributed by atoms with van der Waals surface area (Å²) in [7, 11) is 0. The molecule has 136 valence electrons. The Hall–Kier alpha value is -2.12. The predicted octanol–water partition coefficient (Wildman–Crippen LogP) is 0.596. The van der Waals surface area contributed by atoms with E-state index < -0.39 is 23.8 Å². The second-order valence-corrected chi connectivity index (χ2v) is 6.94. The van der Waals surface area contributed by atoms with Crippen molar-refractivity contribution < 1.29 is 23.9 Å². The quantitative estimate of drug-likeness (QED) is 0.762. The maximum atomic E-state index is 12.3. The second-order valence-electron chi connectivity index (χ2n) is 6.94. The van der Waals surface area contributed by atoms with Crippen molar-refractivity contribution in [3.8, 4) is 0 Å². The van der Waals surface area contributed by atoms with Gasteiger partial charge in [0.25, 0.3) is 0 Å². The average Bonchev–Trinajstić information content (AvgIpc) is 2.92. The summed E-state index contributed by atoms with van der Waals surface area (Å²) in [5.41, 5.74) is -0.647. The number of amides is 3. The molecule has 8 heteroatoms. The van der Waals surface area contributed by atoms with Crippen LogP contribution in [-0.2, 0) is 19.1 Å². The van der Waals surface area contributed by atoms with Gasteiger partial charge in [-0.3, -0.25) is 14.4 Å². The van der Waals surface area contributed by atoms with Crippen LogP contribution in [0, 0.1) is 0 Å². The lowest BCUT2D eigenvalue weighted by molar-refractivity contribution is -0.138. The molecule has 0 bridgehead atoms. The monoisotopic (exact) mass is 341 g/mol. The molecule has 1 saturated heterocycles. The summed E-state index contributed by atoms with van der Waals surface area (Å²) in [5.74, 6) is -0.847. The van der Waals surface area contributed by atoms with Crippen molar-refractivity contribution in [3.05, 3.63) is 0 Å². The highest BCUT2D eigenvalue weighted by molar-refractivity contribution is 5.93. The summed E-state index contributed by atoms with van der Waals surface area (Å²) in [4.78, 5) is 48.8. The maximum absolute atomic E-state index is 12.3. The molecular formula is C16H27N3O5. The van der Waals surface area contributed by atoms with Crippen molar-refractivity contribution >= 4 is 23.7 Å². The number of carbonyl (C=O) groups excluding carboxylic acids is 4. The van der Waals surface area contributed by atoms with E-state index in [1.54, 1.807) is 27.7 Å². The molecule has 8 nitrogen and oxygen atoms in total. The number of ether oxygens (including phenoxy) is 1. The van der Waals surface area contributed by atoms with E-state index in [9.17, 15) is 19.2 Å². The second kappa shape index (κ2) is 8.12. The minimum absolute atomic E-state index is 0.147. The third kappa shape index (κ3) is 6.17. The number of nitrogens with zero attached hydrogens (tertiary/aromatic N) is 1. The zero-order valence-electron chi connectivity index (χ0n) is 15.0. The van der Waals surface area contributed by atoms with Crippen LogP contribution in [0.1, 0.15) is 47.5 Å². The highest BCUT2D eigenvalue weighted by atomic mass is 16.6. The Labute approximate surface area is 142 Å². The molecule has 24 heavy (non-hydrogen) atoms. The Balaban J connectivity index is 2.55. The Morgan fingerprint density at radius 2 is 1.88 bits per heavy atom. The van der Waals surface area contributed by atoms with Gasteiger partial charge < -0.3 is 20.3 Å². The number of hydrogen-bond acceptors (Lipinski definition) is 5. The topological polar surface area (TPSA) is 105 Å². The molecule has 2 atom stereocenters. The molecule has 0 saturated carbocycles. The van der Waals surface area contributed by atoms with E-state index in [2.05, 4.69) is 10.6 Å². The van der Waals surface area contributed by atoms with Crippen molar-refractivity contribution in [2.45, 2.75) is 65.1 Å². The van der Waals surface area contributed by atoms with E-state index in [1.165, 1.54) is 11.8 Å². The van der Waals surface area contributed by atoms with Gasteiger partial charge in [0.15, 0.2) is 5.78 Å². The van der Waals surface area contributed by atoms with Crippen molar-refractivity contribution in [1.29, 1.82) is 0 Å². The van der Waals surface area contributed by atoms with Crippen molar-refractivity contribution in [1.82, 2.24) is 15.5 Å². The molecular weight excluding hydrogens is 314 g/mol. The van der Waals surface area contributed by atoms with E-state index in [4.69, 9.17) is 4.74 Å². The summed E-state index contributed by atoms with van der Waals surface area (Å²) in [5, 5.41) is 5.00. The predicted molar refractivity (Wildman–Crippen MR) is 87.3 cm³/mol. The van der Waals surface area contributed by atoms with Gasteiger partial charge in [-0.2, -0.15) is 0 Å². The molecule has 0 spiro atoms. The summed E-state index contributed by atoms with van der Waals surface area (Å²) in [6, 6.07) is -1.20. The fourth-order valence-electron chi connectivity index (χ4n) is 2.31. The zero-order valence-corrected chi connectivity index (χ0v) is 15.0. The molecule has 0 aromatic rings. The molecule has 1 rings (SSSR count). The minimum Gasteiger partial charge on any atom is -0.444 e. The standard InChI is InChI=1S/C16H27N3O5/c1-10(11(2)20)18-14(22)12-7-6-8-19(12)13(21)9-17-15(23)24-16(3,4)5/h10,12H,6-9H2,1-5H3,(H,17,23)(H,18,22)/t10-,12?/m0/s1. The summed E-state index contributed by atoms with van der Waals surface area (Å²) < 4.78 is 5.07. The van der Waals surface area contributed by atoms with E-state index in [0.29, 0.717) is 19.4 Å². The van der Waals surface area contributed by atoms with Gasteiger partial charge in [-0.15, -0.1) is 0 Å². The van der Waals surface area contributed by atoms with Gasteiger partial charge in [0.2, 0.25) is 11.8 Å². The average molecular weight is 341 g/mol. The molecule has 1 aliphatic heterocycles. The lowest BCUT2D eigenvalue weighted by Crippen LogP contribution is -2.51. The van der Waals surface area contributed by atoms with E-state index in [1.807, 2.05) is 0 Å². The van der Waals surface area contributed by atoms with Crippen LogP contribution < -0.4 is 10.6 Å². The zero-order chi connectivity index (χ0) is 18.5. The largest absolute Gasteiger partial charge is 0.444 e. The van der Waals surface area contributed by atoms with Crippen molar-refractivity contribution in [3.63, 3.8) is 0 Å². The van der Waals surface area contributed by atoms with Crippen LogP contribution >= 0.6 is 0 Å². The molecule has 2 N–H and O–H groups in total. The number of likely N-dealkylation sites (tertiary alicyclic amines) is 1. The Morgan fingerprint density at radius 1 is 1.25 bits per heavy atom. The van der Waals surface area contributed by atoms with Crippen molar-refractivity contribution in [2.24, 2.45) is 0 Å². The third-order valence-electron chi connectivity index (χ3n) is 3.63. The first-order valence-corrected chi connectivity index (χ1v) is 8.08. The van der Waals surface area contributed by atoms with Crippen molar-refractivity contribution in [2.75, 3.05) is 13.1 Å². The highest BCUT2D eigenvalue weighted by Crippen LogP contribution is 2.17. The first-order chi connectivity index (χ1) is 11.0. The van der Waals surface area contributed by atoms with Crippen LogP contribution in [0.15, 0.2) is 0 Å². The van der Waals surface area contributed by atoms with Crippen LogP contribution in [0.4, 0.5) is 4.79 Å². The summed E-state index contributed by atoms with van der Waals surface area (Å²) >= 11 is 0. The fraction of sp³-hybridized carbons (Fsp3) is 0.750. The maximum Gasteiger partial charge on any atom is 0.408 e. The smallest absolute Gasteiger partial charge is 0.408 e. The van der Waals surface area contributed by atoms with E-state index >= 15 is 0 Å². The first kappa shape index (κ1) is 19.9. The molecule has 3 amide bonds. The molecule has 0 radical (unpaired) electrons. The number of ketones is 1. The van der Waals surface area contributed by atoms with Crippen LogP contribution in [0.25, 0.3) is 0 Å². The van der Waals surface area contributed by atoms with Crippen LogP contribution in [-0.4, -0.2) is 59.4 Å². The minimum atomic E-state index is -0.679. The highest BCUT2D eigenvalue weighted by Gasteiger charge is 2.34. The number of rotatable bonds is 5. The molecule has 0 aromatic carbocycles. The summed E-state index contributed by atoms with van der Waals surface area (Å²) in [6.07, 6.45) is 0.556. The SMILES string of the molecule is CC(=O)[C@H](C)NC(=O)C1CCCN1C(=O)CNC(=O)OC(C)(C)C. The molecule has 1 unspecified atom stereocenters. The fourth-order valence-corrected chi connectivity index (χ4v) is 2.31. The Bertz CT molecular complexity index is 512. The number of nitrogens with one attached hydrogen (secondary N) is 2. The van der Waals surface area contributed by atoms with E-state index in [0.717, 1.165) is 0 Å². The Morgan fingerprint density at radius 3 is 2.42 bits per heavy atom. The lowest BCUT2D eigenvalue weighted by atomic mass is 10.1. The van der Waals surface area contributed by atoms with Gasteiger partial charge >= 0.3 is 6.09 Å². The lowest BCUT2D eigenvalue weighted by Gasteiger charge is -2.25. The number of Topliss-reactive ketones (excluding diaryl/α,β-unsaturated/α-hetero) is 1. The van der Waals surface area contributed by atoms with Gasteiger partial charge in [-0.1, -0.05) is 0 Å². The van der Waals surface area contributed by atoms with Crippen LogP contribution in [0.3, 0.4) is 0 Å². The number of hydrogen-bond donors (Lipinski definition) is 2.